The molecule has 0 spiro atoms. The molecule has 0 aliphatic heterocycles. The van der Waals surface area contributed by atoms with Crippen molar-refractivity contribution < 1.29 is 188 Å². The van der Waals surface area contributed by atoms with Gasteiger partial charge in [0.05, 0.1) is 25.7 Å². The Hall–Kier alpha value is 0.940. The third kappa shape index (κ3) is 15.4. The van der Waals surface area contributed by atoms with Crippen LogP contribution < -0.4 is 118 Å². The maximum atomic E-state index is 11.4. The number of carbonyl (C=O) groups is 6. The average molecular weight is 462 g/mol. The van der Waals surface area contributed by atoms with Crippen LogP contribution in [0.3, 0.4) is 0 Å². The summed E-state index contributed by atoms with van der Waals surface area (Å²) in [5.41, 5.74) is -6.18. The number of aliphatic hydroxyl groups is 2. The van der Waals surface area contributed by atoms with E-state index in [1.807, 2.05) is 0 Å². The van der Waals surface area contributed by atoms with Crippen molar-refractivity contribution >= 4 is 35.8 Å². The Kier molecular flexibility index (Phi) is 24.3. The molecule has 0 rings (SSSR count). The Balaban J connectivity index is -0.000000103. The summed E-state index contributed by atoms with van der Waals surface area (Å²) in [6.07, 6.45) is -5.73. The first-order chi connectivity index (χ1) is 11.2. The molecule has 6 N–H and O–H groups in total. The van der Waals surface area contributed by atoms with Gasteiger partial charge in [0.25, 0.3) is 0 Å². The fourth-order valence-corrected chi connectivity index (χ4v) is 1.60. The van der Waals surface area contributed by atoms with Gasteiger partial charge in [-0.1, -0.05) is 0 Å². The summed E-state index contributed by atoms with van der Waals surface area (Å²) in [5, 5.41) is 53.6. The number of hydrogen-bond acceptors (Lipinski definition) is 9. The Morgan fingerprint density at radius 3 is 1.00 bits per heavy atom. The van der Waals surface area contributed by atoms with Gasteiger partial charge in [-0.3, -0.25) is 19.2 Å². The molecule has 0 aliphatic carbocycles. The van der Waals surface area contributed by atoms with Gasteiger partial charge in [0.15, 0.2) is 11.2 Å². The summed E-state index contributed by atoms with van der Waals surface area (Å²) in [4.78, 5) is 65.5. The van der Waals surface area contributed by atoms with Crippen LogP contribution in [0.4, 0.5) is 0 Å². The molecule has 0 fully saturated rings. The molecule has 0 saturated carbocycles. The second-order valence-corrected chi connectivity index (χ2v) is 5.01. The van der Waals surface area contributed by atoms with Crippen molar-refractivity contribution in [3.8, 4) is 0 Å². The number of hydrogen-bond donors (Lipinski definition) is 6. The van der Waals surface area contributed by atoms with Crippen LogP contribution in [-0.2, 0) is 33.5 Å². The topological polar surface area (TPSA) is 233 Å². The first kappa shape index (κ1) is 40.3. The summed E-state index contributed by atoms with van der Waals surface area (Å²) in [6.45, 7) is 0. The first-order valence-corrected chi connectivity index (χ1v) is 6.30. The van der Waals surface area contributed by atoms with Crippen molar-refractivity contribution in [2.45, 2.75) is 36.9 Å². The molecule has 2 unspecified atom stereocenters. The molecule has 0 aromatic rings. The Labute approximate surface area is 257 Å². The number of ether oxygens (including phenoxy) is 1. The van der Waals surface area contributed by atoms with Crippen molar-refractivity contribution in [3.63, 3.8) is 0 Å². The van der Waals surface area contributed by atoms with E-state index >= 15 is 0 Å². The minimum Gasteiger partial charge on any atom is -1.00 e. The largest absolute Gasteiger partial charge is 1.00 e. The van der Waals surface area contributed by atoms with Crippen molar-refractivity contribution in [2.75, 3.05) is 0 Å². The van der Waals surface area contributed by atoms with Crippen LogP contribution in [-0.4, -0.2) is 77.7 Å². The van der Waals surface area contributed by atoms with E-state index in [1.54, 1.807) is 0 Å². The summed E-state index contributed by atoms with van der Waals surface area (Å²) in [7, 11) is 0. The van der Waals surface area contributed by atoms with Crippen molar-refractivity contribution in [2.24, 2.45) is 0 Å². The molecule has 29 heavy (non-hydrogen) atoms. The van der Waals surface area contributed by atoms with Gasteiger partial charge in [0.2, 0.25) is 0 Å². The molecule has 0 heterocycles. The van der Waals surface area contributed by atoms with E-state index in [1.165, 1.54) is 0 Å². The standard InChI is InChI=1S/C12H14O13.4Na.4H/c13-5(14)1-11(23,9(19)20)3-7(17)25-8(18)4-12(24,10(21)22)2-6(15)16;;;;;;;;/h23-24H,1-4H2,(H,13,14)(H,15,16)(H,19,20)(H,21,22);;;;;;;;/q;4*+1;4*-1. The molecule has 17 heteroatoms. The molecule has 0 aromatic carbocycles. The number of aliphatic carboxylic acids is 4. The zero-order chi connectivity index (χ0) is 20.0. The average Bonchev–Trinajstić information content (AvgIpc) is 2.34. The minimum absolute atomic E-state index is 0. The molecular formula is C12H18Na4O13. The molecule has 0 aromatic heterocycles. The SMILES string of the molecule is O=C(O)CC(O)(CC(=O)OC(=O)CC(O)(CC(=O)O)C(=O)O)C(=O)O.[H-].[H-].[H-].[H-].[Na+].[Na+].[Na+].[Na+]. The fourth-order valence-electron chi connectivity index (χ4n) is 1.60. The van der Waals surface area contributed by atoms with Crippen LogP contribution in [0.1, 0.15) is 31.4 Å². The first-order valence-electron chi connectivity index (χ1n) is 6.30. The van der Waals surface area contributed by atoms with Crippen LogP contribution >= 0.6 is 0 Å². The van der Waals surface area contributed by atoms with Crippen LogP contribution in [0.5, 0.6) is 0 Å². The summed E-state index contributed by atoms with van der Waals surface area (Å²) in [6, 6.07) is 0. The quantitative estimate of drug-likeness (QED) is 0.101. The Bertz CT molecular complexity index is 590. The van der Waals surface area contributed by atoms with Gasteiger partial charge < -0.3 is 41.1 Å². The van der Waals surface area contributed by atoms with Crippen molar-refractivity contribution in [3.05, 3.63) is 0 Å². The second-order valence-electron chi connectivity index (χ2n) is 5.01. The van der Waals surface area contributed by atoms with Crippen LogP contribution in [0.15, 0.2) is 0 Å². The van der Waals surface area contributed by atoms with E-state index in [9.17, 15) is 39.0 Å². The van der Waals surface area contributed by atoms with Gasteiger partial charge in [-0.05, 0) is 0 Å². The zero-order valence-electron chi connectivity index (χ0n) is 20.4. The summed E-state index contributed by atoms with van der Waals surface area (Å²) in [5.74, 6) is -11.2. The minimum atomic E-state index is -3.09. The monoisotopic (exact) mass is 462 g/mol. The predicted molar refractivity (Wildman–Crippen MR) is 74.5 cm³/mol. The second kappa shape index (κ2) is 17.5. The van der Waals surface area contributed by atoms with Gasteiger partial charge in [0, 0.05) is 0 Å². The number of carboxylic acid groups (broad SMARTS) is 4. The summed E-state index contributed by atoms with van der Waals surface area (Å²) < 4.78 is 3.99. The maximum Gasteiger partial charge on any atom is 1.00 e. The number of rotatable bonds is 10. The van der Waals surface area contributed by atoms with Crippen LogP contribution in [0.25, 0.3) is 0 Å². The molecule has 0 bridgehead atoms. The molecule has 0 radical (unpaired) electrons. The van der Waals surface area contributed by atoms with E-state index in [0.29, 0.717) is 0 Å². The molecule has 0 aliphatic rings. The molecule has 13 nitrogen and oxygen atoms in total. The molecular weight excluding hydrogens is 444 g/mol. The Morgan fingerprint density at radius 1 is 0.586 bits per heavy atom. The van der Waals surface area contributed by atoms with Crippen LogP contribution in [0, 0.1) is 0 Å². The maximum absolute atomic E-state index is 11.4. The van der Waals surface area contributed by atoms with Gasteiger partial charge >= 0.3 is 154 Å². The fraction of sp³-hybridized carbons (Fsp3) is 0.500. The third-order valence-electron chi connectivity index (χ3n) is 2.78. The third-order valence-corrected chi connectivity index (χ3v) is 2.78. The van der Waals surface area contributed by atoms with Gasteiger partial charge in [-0.25, -0.2) is 9.59 Å². The van der Waals surface area contributed by atoms with Gasteiger partial charge in [-0.2, -0.15) is 0 Å². The normalized spacial score (nSPS) is 13.2. The number of carboxylic acids is 4. The van der Waals surface area contributed by atoms with Gasteiger partial charge in [-0.15, -0.1) is 0 Å². The van der Waals surface area contributed by atoms with Crippen molar-refractivity contribution in [1.29, 1.82) is 0 Å². The van der Waals surface area contributed by atoms with E-state index < -0.39 is 72.7 Å². The van der Waals surface area contributed by atoms with E-state index in [4.69, 9.17) is 20.4 Å². The Morgan fingerprint density at radius 2 is 0.828 bits per heavy atom. The molecule has 0 saturated heterocycles. The van der Waals surface area contributed by atoms with E-state index in [2.05, 4.69) is 4.74 Å². The van der Waals surface area contributed by atoms with Gasteiger partial charge in [0.1, 0.15) is 0 Å². The molecule has 2 atom stereocenters. The number of esters is 2. The predicted octanol–water partition coefficient (Wildman–Crippen LogP) is -14.1. The van der Waals surface area contributed by atoms with Crippen LogP contribution in [0.2, 0.25) is 0 Å². The smallest absolute Gasteiger partial charge is 1.00 e. The molecule has 0 amide bonds. The summed E-state index contributed by atoms with van der Waals surface area (Å²) >= 11 is 0. The number of carbonyl (C=O) groups excluding carboxylic acids is 2. The molecule has 148 valence electrons. The van der Waals surface area contributed by atoms with E-state index in [-0.39, 0.29) is 124 Å². The zero-order valence-corrected chi connectivity index (χ0v) is 24.4. The van der Waals surface area contributed by atoms with E-state index in [0.717, 1.165) is 0 Å². The van der Waals surface area contributed by atoms with Crippen molar-refractivity contribution in [1.82, 2.24) is 0 Å².